The van der Waals surface area contributed by atoms with E-state index in [9.17, 15) is 9.90 Å². The Morgan fingerprint density at radius 3 is 3.22 bits per heavy atom. The number of primary amides is 1. The van der Waals surface area contributed by atoms with Crippen LogP contribution in [-0.2, 0) is 11.3 Å². The van der Waals surface area contributed by atoms with Gasteiger partial charge in [0.05, 0.1) is 6.10 Å². The molecule has 1 aromatic rings. The Labute approximate surface area is 137 Å². The van der Waals surface area contributed by atoms with Crippen LogP contribution in [0.3, 0.4) is 0 Å². The Balaban J connectivity index is 1.53. The average Bonchev–Trinajstić information content (AvgIpc) is 2.75. The topological polar surface area (TPSA) is 91.5 Å². The van der Waals surface area contributed by atoms with Gasteiger partial charge >= 0.3 is 0 Å². The van der Waals surface area contributed by atoms with E-state index in [0.29, 0.717) is 32.1 Å². The highest BCUT2D eigenvalue weighted by molar-refractivity contribution is 5.85. The van der Waals surface area contributed by atoms with E-state index in [1.54, 1.807) is 6.20 Å². The van der Waals surface area contributed by atoms with Crippen molar-refractivity contribution in [2.75, 3.05) is 13.1 Å². The van der Waals surface area contributed by atoms with Crippen LogP contribution in [-0.4, -0.2) is 51.7 Å². The molecule has 4 N–H and O–H groups in total. The molecule has 6 nitrogen and oxygen atoms in total. The van der Waals surface area contributed by atoms with Crippen LogP contribution in [0, 0.1) is 6.42 Å². The van der Waals surface area contributed by atoms with Gasteiger partial charge in [0, 0.05) is 38.1 Å². The molecule has 0 spiro atoms. The van der Waals surface area contributed by atoms with Gasteiger partial charge in [-0.1, -0.05) is 6.07 Å². The van der Waals surface area contributed by atoms with Crippen molar-refractivity contribution < 1.29 is 9.90 Å². The van der Waals surface area contributed by atoms with Crippen LogP contribution in [0.1, 0.15) is 31.2 Å². The minimum absolute atomic E-state index is 0.258. The zero-order valence-corrected chi connectivity index (χ0v) is 13.3. The maximum atomic E-state index is 12.0. The van der Waals surface area contributed by atoms with E-state index in [1.807, 2.05) is 18.3 Å². The number of hydrogen-bond acceptors (Lipinski definition) is 5. The van der Waals surface area contributed by atoms with Crippen LogP contribution < -0.4 is 11.1 Å². The van der Waals surface area contributed by atoms with Crippen molar-refractivity contribution in [1.82, 2.24) is 15.2 Å². The molecule has 2 aliphatic heterocycles. The number of aliphatic hydroxyl groups excluding tert-OH is 1. The van der Waals surface area contributed by atoms with E-state index in [2.05, 4.69) is 21.6 Å². The van der Waals surface area contributed by atoms with Gasteiger partial charge in [0.25, 0.3) is 0 Å². The van der Waals surface area contributed by atoms with Crippen LogP contribution in [0.2, 0.25) is 0 Å². The molecular formula is C17H25N4O2. The third kappa shape index (κ3) is 3.39. The van der Waals surface area contributed by atoms with Crippen LogP contribution in [0.25, 0.3) is 0 Å². The Bertz CT molecular complexity index is 535. The normalized spacial score (nSPS) is 28.7. The van der Waals surface area contributed by atoms with Gasteiger partial charge in [0.2, 0.25) is 5.91 Å². The van der Waals surface area contributed by atoms with E-state index >= 15 is 0 Å². The lowest BCUT2D eigenvalue weighted by Gasteiger charge is -2.43. The van der Waals surface area contributed by atoms with E-state index < -0.39 is 11.6 Å². The second kappa shape index (κ2) is 6.95. The summed E-state index contributed by atoms with van der Waals surface area (Å²) in [4.78, 5) is 18.2. The molecule has 2 saturated heterocycles. The Morgan fingerprint density at radius 2 is 2.48 bits per heavy atom. The number of amides is 1. The van der Waals surface area contributed by atoms with Crippen molar-refractivity contribution in [2.24, 2.45) is 5.73 Å². The molecule has 2 bridgehead atoms. The lowest BCUT2D eigenvalue weighted by molar-refractivity contribution is -0.131. The average molecular weight is 317 g/mol. The summed E-state index contributed by atoms with van der Waals surface area (Å²) >= 11 is 0. The predicted molar refractivity (Wildman–Crippen MR) is 87.1 cm³/mol. The van der Waals surface area contributed by atoms with E-state index in [0.717, 1.165) is 24.8 Å². The summed E-state index contributed by atoms with van der Waals surface area (Å²) in [6, 6.07) is 4.23. The first kappa shape index (κ1) is 16.4. The summed E-state index contributed by atoms with van der Waals surface area (Å²) < 4.78 is 0. The van der Waals surface area contributed by atoms with Crippen LogP contribution in [0.15, 0.2) is 24.5 Å². The van der Waals surface area contributed by atoms with Crippen molar-refractivity contribution in [1.29, 1.82) is 0 Å². The number of hydrogen-bond donors (Lipinski definition) is 3. The van der Waals surface area contributed by atoms with Crippen molar-refractivity contribution in [3.63, 3.8) is 0 Å². The molecule has 3 rings (SSSR count). The van der Waals surface area contributed by atoms with Gasteiger partial charge in [-0.05, 0) is 43.7 Å². The molecule has 125 valence electrons. The predicted octanol–water partition coefficient (Wildman–Crippen LogP) is 0.219. The number of nitrogens with two attached hydrogens (primary N) is 1. The van der Waals surface area contributed by atoms with E-state index in [4.69, 9.17) is 5.73 Å². The molecule has 0 saturated carbocycles. The summed E-state index contributed by atoms with van der Waals surface area (Å²) in [5.41, 5.74) is 6.18. The maximum absolute atomic E-state index is 12.0. The SMILES string of the molecule is NC(=O)[C@]12C[CH]C[C@H](CC1)N2CC(O)CNCc1cccnc1. The molecule has 3 atom stereocenters. The van der Waals surface area contributed by atoms with Gasteiger partial charge in [-0.25, -0.2) is 0 Å². The Morgan fingerprint density at radius 1 is 1.61 bits per heavy atom. The van der Waals surface area contributed by atoms with Crippen molar-refractivity contribution in [3.05, 3.63) is 36.5 Å². The molecule has 2 aliphatic rings. The number of fused-ring (bicyclic) bond motifs is 2. The first-order chi connectivity index (χ1) is 11.1. The monoisotopic (exact) mass is 317 g/mol. The summed E-state index contributed by atoms with van der Waals surface area (Å²) in [7, 11) is 0. The zero-order valence-electron chi connectivity index (χ0n) is 13.3. The number of carbonyl (C=O) groups excluding carboxylic acids is 1. The van der Waals surface area contributed by atoms with Crippen molar-refractivity contribution in [2.45, 2.75) is 49.9 Å². The van der Waals surface area contributed by atoms with Crippen LogP contribution in [0.5, 0.6) is 0 Å². The van der Waals surface area contributed by atoms with E-state index in [1.165, 1.54) is 0 Å². The number of nitrogens with zero attached hydrogens (tertiary/aromatic N) is 2. The summed E-state index contributed by atoms with van der Waals surface area (Å²) in [6.07, 6.45) is 8.66. The number of pyridine rings is 1. The standard InChI is InChI=1S/C17H25N4O2/c18-16(23)17-6-1-4-14(5-7-17)21(17)12-15(22)11-20-10-13-3-2-8-19-9-13/h1-3,8-9,14-15,20,22H,4-7,10-12H2,(H2,18,23)/t14-,15?,17+/m1/s1. The minimum Gasteiger partial charge on any atom is -0.390 e. The number of rotatable bonds is 7. The molecule has 1 amide bonds. The molecule has 1 radical (unpaired) electrons. The molecule has 1 unspecified atom stereocenters. The lowest BCUT2D eigenvalue weighted by Crippen LogP contribution is -2.60. The summed E-state index contributed by atoms with van der Waals surface area (Å²) in [5, 5.41) is 13.6. The van der Waals surface area contributed by atoms with Gasteiger partial charge in [0.15, 0.2) is 0 Å². The van der Waals surface area contributed by atoms with Gasteiger partial charge in [-0.15, -0.1) is 0 Å². The van der Waals surface area contributed by atoms with E-state index in [-0.39, 0.29) is 5.91 Å². The molecule has 0 aromatic carbocycles. The third-order valence-corrected chi connectivity index (χ3v) is 5.10. The fraction of sp³-hybridized carbons (Fsp3) is 0.588. The number of nitrogens with one attached hydrogen (secondary N) is 1. The molecule has 23 heavy (non-hydrogen) atoms. The highest BCUT2D eigenvalue weighted by Crippen LogP contribution is 2.43. The van der Waals surface area contributed by atoms with Crippen LogP contribution in [0.4, 0.5) is 0 Å². The number of aromatic nitrogens is 1. The first-order valence-electron chi connectivity index (χ1n) is 8.28. The molecule has 0 aliphatic carbocycles. The fourth-order valence-electron chi connectivity index (χ4n) is 3.90. The number of piperidine rings is 1. The molecular weight excluding hydrogens is 292 g/mol. The van der Waals surface area contributed by atoms with Gasteiger partial charge < -0.3 is 16.2 Å². The van der Waals surface area contributed by atoms with Crippen molar-refractivity contribution >= 4 is 5.91 Å². The van der Waals surface area contributed by atoms with Gasteiger partial charge in [-0.2, -0.15) is 0 Å². The largest absolute Gasteiger partial charge is 0.390 e. The molecule has 1 aromatic heterocycles. The number of carbonyl (C=O) groups is 1. The highest BCUT2D eigenvalue weighted by atomic mass is 16.3. The Kier molecular flexibility index (Phi) is 4.94. The minimum atomic E-state index is -0.576. The first-order valence-corrected chi connectivity index (χ1v) is 8.28. The second-order valence-electron chi connectivity index (χ2n) is 6.62. The number of aliphatic hydroxyl groups is 1. The Hall–Kier alpha value is -1.50. The third-order valence-electron chi connectivity index (χ3n) is 5.10. The van der Waals surface area contributed by atoms with Gasteiger partial charge in [0.1, 0.15) is 5.54 Å². The molecule has 6 heteroatoms. The highest BCUT2D eigenvalue weighted by Gasteiger charge is 2.52. The summed E-state index contributed by atoms with van der Waals surface area (Å²) in [5.74, 6) is -0.258. The smallest absolute Gasteiger partial charge is 0.237 e. The summed E-state index contributed by atoms with van der Waals surface area (Å²) in [6.45, 7) is 1.64. The van der Waals surface area contributed by atoms with Gasteiger partial charge in [-0.3, -0.25) is 14.7 Å². The molecule has 3 heterocycles. The molecule has 2 fully saturated rings. The maximum Gasteiger partial charge on any atom is 0.237 e. The lowest BCUT2D eigenvalue weighted by atomic mass is 9.87. The zero-order chi connectivity index (χ0) is 16.3. The second-order valence-corrected chi connectivity index (χ2v) is 6.62. The van der Waals surface area contributed by atoms with Crippen LogP contribution >= 0.6 is 0 Å². The number of β-amino-alcohol motifs (C(OH)–C–C–N with tert-alkyl or cyclic N) is 1. The van der Waals surface area contributed by atoms with Crippen molar-refractivity contribution in [3.8, 4) is 0 Å². The fourth-order valence-corrected chi connectivity index (χ4v) is 3.90. The quantitative estimate of drug-likeness (QED) is 0.669.